The molecule has 0 spiro atoms. The first kappa shape index (κ1) is 18.0. The van der Waals surface area contributed by atoms with E-state index < -0.39 is 12.8 Å². The third kappa shape index (κ3) is 10.6. The Morgan fingerprint density at radius 2 is 2.00 bits per heavy atom. The summed E-state index contributed by atoms with van der Waals surface area (Å²) in [6.45, 7) is 2.46. The first-order valence-electron chi connectivity index (χ1n) is 6.47. The zero-order valence-electron chi connectivity index (χ0n) is 11.9. The number of unbranched alkanes of at least 4 members (excludes halogenated alkanes) is 1. The molecule has 114 valence electrons. The third-order valence-corrected chi connectivity index (χ3v) is 2.43. The number of ether oxygens (including phenoxy) is 1. The van der Waals surface area contributed by atoms with E-state index >= 15 is 0 Å². The summed E-state index contributed by atoms with van der Waals surface area (Å²) in [7, 11) is 3.62. The topological polar surface area (TPSA) is 36.9 Å². The maximum Gasteiger partial charge on any atom is 0.411 e. The molecule has 1 N–H and O–H groups in total. The summed E-state index contributed by atoms with van der Waals surface area (Å²) in [6.07, 6.45) is -1.56. The molecule has 0 saturated carbocycles. The molecule has 19 heavy (non-hydrogen) atoms. The maximum absolute atomic E-state index is 11.8. The minimum absolute atomic E-state index is 0.0855. The van der Waals surface area contributed by atoms with Crippen molar-refractivity contribution in [2.24, 2.45) is 4.99 Å². The van der Waals surface area contributed by atoms with Crippen LogP contribution < -0.4 is 5.32 Å². The minimum atomic E-state index is -4.25. The van der Waals surface area contributed by atoms with Crippen LogP contribution in [0.5, 0.6) is 0 Å². The van der Waals surface area contributed by atoms with Gasteiger partial charge in [-0.25, -0.2) is 0 Å². The average molecular weight is 283 g/mol. The van der Waals surface area contributed by atoms with Gasteiger partial charge in [-0.2, -0.15) is 13.2 Å². The highest BCUT2D eigenvalue weighted by molar-refractivity contribution is 5.79. The second-order valence-electron chi connectivity index (χ2n) is 4.27. The van der Waals surface area contributed by atoms with Gasteiger partial charge in [-0.15, -0.1) is 0 Å². The number of nitrogens with zero attached hydrogens (tertiary/aromatic N) is 2. The molecular formula is C12H24F3N3O. The van der Waals surface area contributed by atoms with Gasteiger partial charge in [0.2, 0.25) is 0 Å². The highest BCUT2D eigenvalue weighted by Crippen LogP contribution is 2.14. The molecule has 0 aliphatic rings. The molecule has 4 nitrogen and oxygen atoms in total. The molecule has 0 radical (unpaired) electrons. The van der Waals surface area contributed by atoms with Crippen LogP contribution in [0.1, 0.15) is 26.2 Å². The van der Waals surface area contributed by atoms with Crippen molar-refractivity contribution in [3.05, 3.63) is 0 Å². The number of nitrogens with one attached hydrogen (secondary N) is 1. The molecule has 0 saturated heterocycles. The van der Waals surface area contributed by atoms with Gasteiger partial charge in [0.05, 0.1) is 0 Å². The van der Waals surface area contributed by atoms with E-state index in [9.17, 15) is 13.2 Å². The van der Waals surface area contributed by atoms with Gasteiger partial charge in [0.1, 0.15) is 6.61 Å². The highest BCUT2D eigenvalue weighted by atomic mass is 19.4. The Labute approximate surface area is 113 Å². The van der Waals surface area contributed by atoms with E-state index in [1.165, 1.54) is 0 Å². The first-order chi connectivity index (χ1) is 8.90. The van der Waals surface area contributed by atoms with Crippen LogP contribution >= 0.6 is 0 Å². The fourth-order valence-corrected chi connectivity index (χ4v) is 1.45. The molecule has 0 amide bonds. The lowest BCUT2D eigenvalue weighted by Crippen LogP contribution is -2.40. The SMILES string of the molecule is CCCCN(C)C(=NC)NCCCOCC(F)(F)F. The first-order valence-corrected chi connectivity index (χ1v) is 6.47. The average Bonchev–Trinajstić information content (AvgIpc) is 2.33. The number of hydrogen-bond donors (Lipinski definition) is 1. The number of hydrogen-bond acceptors (Lipinski definition) is 2. The smallest absolute Gasteiger partial charge is 0.372 e. The van der Waals surface area contributed by atoms with E-state index in [1.807, 2.05) is 11.9 Å². The molecule has 0 atom stereocenters. The van der Waals surface area contributed by atoms with Crippen molar-refractivity contribution < 1.29 is 17.9 Å². The normalized spacial score (nSPS) is 12.6. The summed E-state index contributed by atoms with van der Waals surface area (Å²) in [4.78, 5) is 6.11. The van der Waals surface area contributed by atoms with Crippen molar-refractivity contribution in [1.29, 1.82) is 0 Å². The van der Waals surface area contributed by atoms with Crippen LogP contribution in [0.15, 0.2) is 4.99 Å². The second kappa shape index (κ2) is 9.89. The van der Waals surface area contributed by atoms with Crippen molar-refractivity contribution in [3.8, 4) is 0 Å². The molecule has 0 aromatic carbocycles. The lowest BCUT2D eigenvalue weighted by molar-refractivity contribution is -0.173. The van der Waals surface area contributed by atoms with Gasteiger partial charge < -0.3 is 15.0 Å². The Bertz CT molecular complexity index is 257. The Morgan fingerprint density at radius 3 is 2.53 bits per heavy atom. The summed E-state index contributed by atoms with van der Waals surface area (Å²) >= 11 is 0. The van der Waals surface area contributed by atoms with Gasteiger partial charge in [0, 0.05) is 33.8 Å². The van der Waals surface area contributed by atoms with E-state index in [-0.39, 0.29) is 6.61 Å². The van der Waals surface area contributed by atoms with Crippen LogP contribution in [-0.4, -0.2) is 57.4 Å². The Balaban J connectivity index is 3.68. The summed E-state index contributed by atoms with van der Waals surface area (Å²) in [5.41, 5.74) is 0. The van der Waals surface area contributed by atoms with Gasteiger partial charge in [-0.05, 0) is 12.8 Å². The molecule has 0 aliphatic heterocycles. The number of alkyl halides is 3. The molecule has 0 aromatic rings. The Kier molecular flexibility index (Phi) is 9.38. The molecular weight excluding hydrogens is 259 g/mol. The van der Waals surface area contributed by atoms with Gasteiger partial charge >= 0.3 is 6.18 Å². The van der Waals surface area contributed by atoms with Crippen LogP contribution in [0.4, 0.5) is 13.2 Å². The van der Waals surface area contributed by atoms with Gasteiger partial charge in [0.25, 0.3) is 0 Å². The molecule has 0 aliphatic carbocycles. The van der Waals surface area contributed by atoms with Gasteiger partial charge in [-0.1, -0.05) is 13.3 Å². The van der Waals surface area contributed by atoms with E-state index in [0.29, 0.717) is 13.0 Å². The number of aliphatic imine (C=N–C) groups is 1. The monoisotopic (exact) mass is 283 g/mol. The summed E-state index contributed by atoms with van der Waals surface area (Å²) in [5.74, 6) is 0.754. The zero-order chi connectivity index (χ0) is 14.7. The van der Waals surface area contributed by atoms with Crippen LogP contribution in [0, 0.1) is 0 Å². The fourth-order valence-electron chi connectivity index (χ4n) is 1.45. The summed E-state index contributed by atoms with van der Waals surface area (Å²) in [5, 5.41) is 3.09. The van der Waals surface area contributed by atoms with Crippen LogP contribution in [0.2, 0.25) is 0 Å². The molecule has 0 unspecified atom stereocenters. The number of halogens is 3. The number of guanidine groups is 1. The van der Waals surface area contributed by atoms with Crippen LogP contribution in [0.25, 0.3) is 0 Å². The second-order valence-corrected chi connectivity index (χ2v) is 4.27. The largest absolute Gasteiger partial charge is 0.411 e. The predicted octanol–water partition coefficient (Wildman–Crippen LogP) is 2.26. The molecule has 0 heterocycles. The van der Waals surface area contributed by atoms with Crippen molar-refractivity contribution in [2.45, 2.75) is 32.4 Å². The fraction of sp³-hybridized carbons (Fsp3) is 0.917. The van der Waals surface area contributed by atoms with E-state index in [2.05, 4.69) is 22.0 Å². The summed E-state index contributed by atoms with van der Waals surface area (Å²) < 4.78 is 39.9. The maximum atomic E-state index is 11.8. The highest BCUT2D eigenvalue weighted by Gasteiger charge is 2.27. The Morgan fingerprint density at radius 1 is 1.32 bits per heavy atom. The third-order valence-electron chi connectivity index (χ3n) is 2.43. The number of rotatable bonds is 8. The quantitative estimate of drug-likeness (QED) is 0.422. The van der Waals surface area contributed by atoms with E-state index in [1.54, 1.807) is 7.05 Å². The summed E-state index contributed by atoms with van der Waals surface area (Å²) in [6, 6.07) is 0. The standard InChI is InChI=1S/C12H24F3N3O/c1-4-5-8-18(3)11(16-2)17-7-6-9-19-10-12(13,14)15/h4-10H2,1-3H3,(H,16,17). The minimum Gasteiger partial charge on any atom is -0.372 e. The predicted molar refractivity (Wildman–Crippen MR) is 70.4 cm³/mol. The molecule has 0 fully saturated rings. The lowest BCUT2D eigenvalue weighted by atomic mass is 10.3. The molecule has 0 rings (SSSR count). The molecule has 0 aromatic heterocycles. The van der Waals surface area contributed by atoms with Gasteiger partial charge in [-0.3, -0.25) is 4.99 Å². The van der Waals surface area contributed by atoms with E-state index in [4.69, 9.17) is 0 Å². The van der Waals surface area contributed by atoms with Crippen molar-refractivity contribution in [3.63, 3.8) is 0 Å². The van der Waals surface area contributed by atoms with Gasteiger partial charge in [0.15, 0.2) is 5.96 Å². The molecule has 7 heteroatoms. The van der Waals surface area contributed by atoms with Crippen molar-refractivity contribution >= 4 is 5.96 Å². The zero-order valence-corrected chi connectivity index (χ0v) is 11.9. The molecule has 0 bridgehead atoms. The van der Waals surface area contributed by atoms with Crippen molar-refractivity contribution in [2.75, 3.05) is 40.4 Å². The van der Waals surface area contributed by atoms with Crippen LogP contribution in [0.3, 0.4) is 0 Å². The lowest BCUT2D eigenvalue weighted by Gasteiger charge is -2.21. The van der Waals surface area contributed by atoms with E-state index in [0.717, 1.165) is 25.3 Å². The Hall–Kier alpha value is -0.980. The van der Waals surface area contributed by atoms with Crippen molar-refractivity contribution in [1.82, 2.24) is 10.2 Å². The van der Waals surface area contributed by atoms with Crippen LogP contribution in [-0.2, 0) is 4.74 Å².